The number of nitrogens with zero attached hydrogens (tertiary/aromatic N) is 1. The van der Waals surface area contributed by atoms with Gasteiger partial charge in [0.2, 0.25) is 0 Å². The zero-order chi connectivity index (χ0) is 12.8. The molecule has 0 radical (unpaired) electrons. The van der Waals surface area contributed by atoms with E-state index in [2.05, 4.69) is 33.0 Å². The monoisotopic (exact) mass is 301 g/mol. The van der Waals surface area contributed by atoms with Gasteiger partial charge in [-0.1, -0.05) is 33.7 Å². The fourth-order valence-electron chi connectivity index (χ4n) is 1.33. The Balaban J connectivity index is 2.87. The van der Waals surface area contributed by atoms with Crippen molar-refractivity contribution in [2.75, 3.05) is 6.54 Å². The summed E-state index contributed by atoms with van der Waals surface area (Å²) in [7, 11) is 0. The van der Waals surface area contributed by atoms with Crippen LogP contribution in [0.3, 0.4) is 0 Å². The molecule has 0 saturated carbocycles. The number of oxime groups is 1. The zero-order valence-corrected chi connectivity index (χ0v) is 10.7. The predicted molar refractivity (Wildman–Crippen MR) is 68.7 cm³/mol. The fraction of sp³-hybridized carbons (Fsp3) is 0.182. The van der Waals surface area contributed by atoms with Crippen LogP contribution in [0.4, 0.5) is 4.39 Å². The molecule has 0 amide bonds. The summed E-state index contributed by atoms with van der Waals surface area (Å²) in [6.45, 7) is 4.72. The third kappa shape index (κ3) is 4.16. The molecule has 0 heterocycles. The molecule has 4 nitrogen and oxygen atoms in total. The molecule has 0 unspecified atom stereocenters. The summed E-state index contributed by atoms with van der Waals surface area (Å²) < 4.78 is 13.9. The van der Waals surface area contributed by atoms with Crippen LogP contribution < -0.4 is 11.1 Å². The van der Waals surface area contributed by atoms with Gasteiger partial charge in [0, 0.05) is 23.1 Å². The molecule has 0 aliphatic carbocycles. The average molecular weight is 302 g/mol. The van der Waals surface area contributed by atoms with Gasteiger partial charge in [0.05, 0.1) is 0 Å². The van der Waals surface area contributed by atoms with Crippen molar-refractivity contribution in [2.24, 2.45) is 10.9 Å². The van der Waals surface area contributed by atoms with Crippen molar-refractivity contribution < 1.29 is 9.60 Å². The number of amidine groups is 1. The molecule has 92 valence electrons. The molecule has 6 heteroatoms. The normalized spacial score (nSPS) is 11.5. The van der Waals surface area contributed by atoms with Crippen LogP contribution in [0.5, 0.6) is 0 Å². The summed E-state index contributed by atoms with van der Waals surface area (Å²) in [6, 6.07) is 4.15. The van der Waals surface area contributed by atoms with Gasteiger partial charge in [0.1, 0.15) is 5.82 Å². The van der Waals surface area contributed by atoms with Gasteiger partial charge in [-0.05, 0) is 17.7 Å². The van der Waals surface area contributed by atoms with Gasteiger partial charge in [0.25, 0.3) is 0 Å². The van der Waals surface area contributed by atoms with E-state index in [1.807, 2.05) is 0 Å². The number of nitrogens with one attached hydrogen (secondary N) is 1. The van der Waals surface area contributed by atoms with Gasteiger partial charge in [-0.2, -0.15) is 0 Å². The van der Waals surface area contributed by atoms with E-state index in [0.29, 0.717) is 18.7 Å². The number of hydrogen-bond acceptors (Lipinski definition) is 3. The van der Waals surface area contributed by atoms with E-state index in [9.17, 15) is 4.39 Å². The van der Waals surface area contributed by atoms with Gasteiger partial charge in [0.15, 0.2) is 5.84 Å². The van der Waals surface area contributed by atoms with Crippen molar-refractivity contribution in [3.8, 4) is 0 Å². The standard InChI is InChI=1S/C11H13BrFN3O/c1-7(12)5-15-6-8-2-3-9(13)4-10(8)11(14)16-17/h2-4,15,17H,1,5-6H2,(H2,14,16). The van der Waals surface area contributed by atoms with E-state index in [0.717, 1.165) is 10.0 Å². The predicted octanol–water partition coefficient (Wildman–Crippen LogP) is 1.92. The minimum absolute atomic E-state index is 0.112. The Morgan fingerprint density at radius 1 is 1.59 bits per heavy atom. The first-order chi connectivity index (χ1) is 8.04. The van der Waals surface area contributed by atoms with Crippen molar-refractivity contribution in [2.45, 2.75) is 6.54 Å². The molecule has 0 spiro atoms. The first-order valence-electron chi connectivity index (χ1n) is 4.85. The quantitative estimate of drug-likeness (QED) is 0.337. The SMILES string of the molecule is C=C(Br)CNCc1ccc(F)cc1/C(N)=N\O. The molecule has 0 saturated heterocycles. The first-order valence-corrected chi connectivity index (χ1v) is 5.64. The highest BCUT2D eigenvalue weighted by Gasteiger charge is 2.08. The van der Waals surface area contributed by atoms with Crippen LogP contribution in [0.15, 0.2) is 34.4 Å². The molecular formula is C11H13BrFN3O. The third-order valence-electron chi connectivity index (χ3n) is 2.09. The summed E-state index contributed by atoms with van der Waals surface area (Å²) >= 11 is 3.22. The summed E-state index contributed by atoms with van der Waals surface area (Å²) in [4.78, 5) is 0. The lowest BCUT2D eigenvalue weighted by Crippen LogP contribution is -2.20. The van der Waals surface area contributed by atoms with Gasteiger partial charge in [-0.3, -0.25) is 0 Å². The van der Waals surface area contributed by atoms with Crippen LogP contribution in [0.1, 0.15) is 11.1 Å². The van der Waals surface area contributed by atoms with Crippen LogP contribution in [0.25, 0.3) is 0 Å². The van der Waals surface area contributed by atoms with Crippen LogP contribution in [-0.4, -0.2) is 17.6 Å². The number of halogens is 2. The summed E-state index contributed by atoms with van der Waals surface area (Å²) in [5, 5.41) is 14.6. The highest BCUT2D eigenvalue weighted by atomic mass is 79.9. The zero-order valence-electron chi connectivity index (χ0n) is 9.08. The van der Waals surface area contributed by atoms with E-state index in [1.165, 1.54) is 12.1 Å². The lowest BCUT2D eigenvalue weighted by molar-refractivity contribution is 0.318. The molecule has 0 atom stereocenters. The number of rotatable bonds is 5. The van der Waals surface area contributed by atoms with Crippen molar-refractivity contribution in [3.63, 3.8) is 0 Å². The Morgan fingerprint density at radius 3 is 2.88 bits per heavy atom. The maximum atomic E-state index is 13.1. The maximum Gasteiger partial charge on any atom is 0.170 e. The van der Waals surface area contributed by atoms with E-state index in [-0.39, 0.29) is 5.84 Å². The summed E-state index contributed by atoms with van der Waals surface area (Å²) in [5.74, 6) is -0.542. The van der Waals surface area contributed by atoms with Gasteiger partial charge in [-0.25, -0.2) is 4.39 Å². The number of hydrogen-bond donors (Lipinski definition) is 3. The fourth-order valence-corrected chi connectivity index (χ4v) is 1.53. The minimum atomic E-state index is -0.430. The van der Waals surface area contributed by atoms with E-state index < -0.39 is 5.82 Å². The number of nitrogens with two attached hydrogens (primary N) is 1. The van der Waals surface area contributed by atoms with Gasteiger partial charge in [-0.15, -0.1) is 0 Å². The first kappa shape index (κ1) is 13.7. The maximum absolute atomic E-state index is 13.1. The van der Waals surface area contributed by atoms with Gasteiger partial charge < -0.3 is 16.3 Å². The third-order valence-corrected chi connectivity index (χ3v) is 2.37. The molecule has 1 aromatic carbocycles. The van der Waals surface area contributed by atoms with Crippen molar-refractivity contribution in [3.05, 3.63) is 46.2 Å². The Kier molecular flexibility index (Phi) is 5.11. The Bertz CT molecular complexity index is 448. The van der Waals surface area contributed by atoms with Crippen LogP contribution in [0, 0.1) is 5.82 Å². The molecule has 1 rings (SSSR count). The highest BCUT2D eigenvalue weighted by Crippen LogP contribution is 2.11. The lowest BCUT2D eigenvalue weighted by Gasteiger charge is -2.09. The molecule has 0 aromatic heterocycles. The number of benzene rings is 1. The van der Waals surface area contributed by atoms with E-state index in [4.69, 9.17) is 10.9 Å². The molecule has 0 aliphatic rings. The van der Waals surface area contributed by atoms with Crippen LogP contribution >= 0.6 is 15.9 Å². The second-order valence-electron chi connectivity index (χ2n) is 3.41. The van der Waals surface area contributed by atoms with Gasteiger partial charge >= 0.3 is 0 Å². The highest BCUT2D eigenvalue weighted by molar-refractivity contribution is 9.11. The molecular weight excluding hydrogens is 289 g/mol. The second kappa shape index (κ2) is 6.36. The summed E-state index contributed by atoms with van der Waals surface area (Å²) in [6.07, 6.45) is 0. The largest absolute Gasteiger partial charge is 0.409 e. The minimum Gasteiger partial charge on any atom is -0.409 e. The smallest absolute Gasteiger partial charge is 0.170 e. The van der Waals surface area contributed by atoms with Crippen molar-refractivity contribution in [1.29, 1.82) is 0 Å². The van der Waals surface area contributed by atoms with Crippen molar-refractivity contribution >= 4 is 21.8 Å². The Labute approximate surface area is 107 Å². The summed E-state index contributed by atoms with van der Waals surface area (Å²) in [5.41, 5.74) is 6.60. The Hall–Kier alpha value is -1.40. The van der Waals surface area contributed by atoms with E-state index in [1.54, 1.807) is 6.07 Å². The molecule has 0 bridgehead atoms. The molecule has 0 fully saturated rings. The van der Waals surface area contributed by atoms with Crippen LogP contribution in [0.2, 0.25) is 0 Å². The van der Waals surface area contributed by atoms with E-state index >= 15 is 0 Å². The molecule has 0 aliphatic heterocycles. The molecule has 4 N–H and O–H groups in total. The lowest BCUT2D eigenvalue weighted by atomic mass is 10.1. The topological polar surface area (TPSA) is 70.6 Å². The molecule has 1 aromatic rings. The molecule has 17 heavy (non-hydrogen) atoms. The van der Waals surface area contributed by atoms with Crippen LogP contribution in [-0.2, 0) is 6.54 Å². The second-order valence-corrected chi connectivity index (χ2v) is 4.53. The van der Waals surface area contributed by atoms with Crippen molar-refractivity contribution in [1.82, 2.24) is 5.32 Å². The Morgan fingerprint density at radius 2 is 2.29 bits per heavy atom. The average Bonchev–Trinajstić information content (AvgIpc) is 2.29.